The first kappa shape index (κ1) is 13.9. The van der Waals surface area contributed by atoms with Crippen LogP contribution in [0.3, 0.4) is 0 Å². The van der Waals surface area contributed by atoms with Crippen molar-refractivity contribution in [3.05, 3.63) is 0 Å². The predicted molar refractivity (Wildman–Crippen MR) is 63.9 cm³/mol. The molecule has 1 rings (SSSR count). The largest absolute Gasteiger partial charge is 0.385 e. The zero-order valence-corrected chi connectivity index (χ0v) is 10.9. The number of ether oxygens (including phenoxy) is 1. The van der Waals surface area contributed by atoms with Crippen molar-refractivity contribution >= 4 is 10.0 Å². The molecule has 5 nitrogen and oxygen atoms in total. The number of nitrogens with zero attached hydrogens (tertiary/aromatic N) is 1. The number of methoxy groups -OCH3 is 1. The standard InChI is InChI=1S/C10H22N2O3S/c1-15-9-3-6-11-10-4-7-12(8-5-10)16(2,13)14/h10-11H,3-9H2,1-2H3. The van der Waals surface area contributed by atoms with E-state index in [4.69, 9.17) is 4.74 Å². The van der Waals surface area contributed by atoms with Gasteiger partial charge in [0, 0.05) is 32.8 Å². The molecule has 0 aromatic carbocycles. The minimum absolute atomic E-state index is 0.454. The van der Waals surface area contributed by atoms with Crippen LogP contribution in [0.1, 0.15) is 19.3 Å². The second-order valence-electron chi connectivity index (χ2n) is 4.24. The zero-order valence-electron chi connectivity index (χ0n) is 10.1. The van der Waals surface area contributed by atoms with Crippen molar-refractivity contribution in [3.63, 3.8) is 0 Å². The van der Waals surface area contributed by atoms with E-state index in [1.165, 1.54) is 6.26 Å². The summed E-state index contributed by atoms with van der Waals surface area (Å²) in [4.78, 5) is 0. The van der Waals surface area contributed by atoms with E-state index in [9.17, 15) is 8.42 Å². The lowest BCUT2D eigenvalue weighted by molar-refractivity contribution is 0.191. The lowest BCUT2D eigenvalue weighted by Crippen LogP contribution is -2.44. The first-order valence-electron chi connectivity index (χ1n) is 5.71. The van der Waals surface area contributed by atoms with Gasteiger partial charge in [0.2, 0.25) is 10.0 Å². The summed E-state index contributed by atoms with van der Waals surface area (Å²) in [6, 6.07) is 0.454. The van der Waals surface area contributed by atoms with Crippen LogP contribution in [-0.2, 0) is 14.8 Å². The van der Waals surface area contributed by atoms with E-state index in [1.54, 1.807) is 11.4 Å². The monoisotopic (exact) mass is 250 g/mol. The van der Waals surface area contributed by atoms with Gasteiger partial charge in [-0.25, -0.2) is 12.7 Å². The van der Waals surface area contributed by atoms with Crippen LogP contribution in [0.5, 0.6) is 0 Å². The van der Waals surface area contributed by atoms with E-state index in [-0.39, 0.29) is 0 Å². The molecule has 6 heteroatoms. The Kier molecular flexibility index (Phi) is 5.68. The first-order chi connectivity index (χ1) is 7.54. The molecule has 1 aliphatic rings. The Hall–Kier alpha value is -0.170. The lowest BCUT2D eigenvalue weighted by atomic mass is 10.1. The number of sulfonamides is 1. The summed E-state index contributed by atoms with van der Waals surface area (Å²) >= 11 is 0. The molecule has 0 amide bonds. The van der Waals surface area contributed by atoms with Crippen molar-refractivity contribution in [2.24, 2.45) is 0 Å². The molecule has 0 aliphatic carbocycles. The molecule has 1 heterocycles. The fraction of sp³-hybridized carbons (Fsp3) is 1.00. The van der Waals surface area contributed by atoms with Crippen molar-refractivity contribution in [1.82, 2.24) is 9.62 Å². The van der Waals surface area contributed by atoms with Gasteiger partial charge >= 0.3 is 0 Å². The highest BCUT2D eigenvalue weighted by molar-refractivity contribution is 7.88. The molecular weight excluding hydrogens is 228 g/mol. The molecule has 0 aromatic rings. The molecule has 0 spiro atoms. The average molecular weight is 250 g/mol. The molecule has 96 valence electrons. The smallest absolute Gasteiger partial charge is 0.211 e. The van der Waals surface area contributed by atoms with E-state index in [2.05, 4.69) is 5.32 Å². The molecule has 1 fully saturated rings. The normalized spacial score (nSPS) is 20.1. The van der Waals surface area contributed by atoms with Gasteiger partial charge in [0.25, 0.3) is 0 Å². The maximum absolute atomic E-state index is 11.3. The molecule has 0 bridgehead atoms. The average Bonchev–Trinajstić information content (AvgIpc) is 2.24. The summed E-state index contributed by atoms with van der Waals surface area (Å²) in [6.07, 6.45) is 4.09. The molecule has 16 heavy (non-hydrogen) atoms. The van der Waals surface area contributed by atoms with Gasteiger partial charge in [-0.15, -0.1) is 0 Å². The maximum Gasteiger partial charge on any atom is 0.211 e. The van der Waals surface area contributed by atoms with Crippen molar-refractivity contribution in [2.45, 2.75) is 25.3 Å². The topological polar surface area (TPSA) is 58.6 Å². The molecule has 0 unspecified atom stereocenters. The first-order valence-corrected chi connectivity index (χ1v) is 7.56. The van der Waals surface area contributed by atoms with Gasteiger partial charge in [-0.05, 0) is 25.8 Å². The quantitative estimate of drug-likeness (QED) is 0.676. The minimum atomic E-state index is -2.99. The predicted octanol–water partition coefficient (Wildman–Crippen LogP) is 0.0365. The SMILES string of the molecule is COCCCNC1CCN(S(C)(=O)=O)CC1. The van der Waals surface area contributed by atoms with Gasteiger partial charge in [-0.3, -0.25) is 0 Å². The van der Waals surface area contributed by atoms with Crippen LogP contribution in [0, 0.1) is 0 Å². The number of rotatable bonds is 6. The van der Waals surface area contributed by atoms with Crippen molar-refractivity contribution in [3.8, 4) is 0 Å². The third-order valence-corrected chi connectivity index (χ3v) is 4.18. The van der Waals surface area contributed by atoms with Gasteiger partial charge in [0.15, 0.2) is 0 Å². The van der Waals surface area contributed by atoms with Gasteiger partial charge in [0.05, 0.1) is 6.26 Å². The Morgan fingerprint density at radius 2 is 2.00 bits per heavy atom. The highest BCUT2D eigenvalue weighted by atomic mass is 32.2. The van der Waals surface area contributed by atoms with Crippen LogP contribution < -0.4 is 5.32 Å². The number of hydrogen-bond donors (Lipinski definition) is 1. The van der Waals surface area contributed by atoms with Crippen molar-refractivity contribution in [1.29, 1.82) is 0 Å². The summed E-state index contributed by atoms with van der Waals surface area (Å²) < 4.78 is 29.1. The van der Waals surface area contributed by atoms with E-state index in [0.717, 1.165) is 32.4 Å². The molecule has 0 atom stereocenters. The van der Waals surface area contributed by atoms with Crippen LogP contribution in [-0.4, -0.2) is 58.4 Å². The van der Waals surface area contributed by atoms with Crippen LogP contribution in [0.2, 0.25) is 0 Å². The fourth-order valence-electron chi connectivity index (χ4n) is 1.91. The molecule has 0 aromatic heterocycles. The fourth-order valence-corrected chi connectivity index (χ4v) is 2.79. The Labute approximate surface area is 98.2 Å². The molecular formula is C10H22N2O3S. The number of nitrogens with one attached hydrogen (secondary N) is 1. The maximum atomic E-state index is 11.3. The Balaban J connectivity index is 2.17. The summed E-state index contributed by atoms with van der Waals surface area (Å²) in [6.45, 7) is 2.99. The summed E-state index contributed by atoms with van der Waals surface area (Å²) in [5.74, 6) is 0. The molecule has 1 N–H and O–H groups in total. The Bertz CT molecular complexity index is 284. The third kappa shape index (κ3) is 4.78. The van der Waals surface area contributed by atoms with E-state index < -0.39 is 10.0 Å². The Morgan fingerprint density at radius 1 is 1.38 bits per heavy atom. The zero-order chi connectivity index (χ0) is 12.0. The molecule has 0 saturated carbocycles. The molecule has 1 aliphatic heterocycles. The lowest BCUT2D eigenvalue weighted by Gasteiger charge is -2.30. The van der Waals surface area contributed by atoms with Gasteiger partial charge in [0.1, 0.15) is 0 Å². The second-order valence-corrected chi connectivity index (χ2v) is 6.22. The van der Waals surface area contributed by atoms with Gasteiger partial charge in [-0.2, -0.15) is 0 Å². The van der Waals surface area contributed by atoms with Crippen LogP contribution in [0.25, 0.3) is 0 Å². The number of hydrogen-bond acceptors (Lipinski definition) is 4. The van der Waals surface area contributed by atoms with Crippen LogP contribution in [0.15, 0.2) is 0 Å². The number of piperidine rings is 1. The molecule has 0 radical (unpaired) electrons. The highest BCUT2D eigenvalue weighted by Crippen LogP contribution is 2.12. The second kappa shape index (κ2) is 6.54. The van der Waals surface area contributed by atoms with Gasteiger partial charge < -0.3 is 10.1 Å². The van der Waals surface area contributed by atoms with Gasteiger partial charge in [-0.1, -0.05) is 0 Å². The summed E-state index contributed by atoms with van der Waals surface area (Å²) in [7, 11) is -1.29. The van der Waals surface area contributed by atoms with Crippen LogP contribution in [0.4, 0.5) is 0 Å². The van der Waals surface area contributed by atoms with E-state index in [1.807, 2.05) is 0 Å². The van der Waals surface area contributed by atoms with Crippen molar-refractivity contribution in [2.75, 3.05) is 39.6 Å². The van der Waals surface area contributed by atoms with Crippen LogP contribution >= 0.6 is 0 Å². The van der Waals surface area contributed by atoms with Crippen molar-refractivity contribution < 1.29 is 13.2 Å². The minimum Gasteiger partial charge on any atom is -0.385 e. The Morgan fingerprint density at radius 3 is 2.50 bits per heavy atom. The van der Waals surface area contributed by atoms with E-state index >= 15 is 0 Å². The highest BCUT2D eigenvalue weighted by Gasteiger charge is 2.24. The summed E-state index contributed by atoms with van der Waals surface area (Å²) in [5.41, 5.74) is 0. The molecule has 1 saturated heterocycles. The third-order valence-electron chi connectivity index (χ3n) is 2.88. The summed E-state index contributed by atoms with van der Waals surface area (Å²) in [5, 5.41) is 3.43. The van der Waals surface area contributed by atoms with E-state index in [0.29, 0.717) is 19.1 Å².